The van der Waals surface area contributed by atoms with Gasteiger partial charge in [-0.25, -0.2) is 0 Å². The standard InChI is InChI=1S/C15H29N3O2/c1-12(2)13(7-8-16)5-6-14(19)18-10-4-9-17(3)15(20)11-18/h12-13H,4-11,16H2,1-3H3. The Morgan fingerprint density at radius 3 is 2.60 bits per heavy atom. The van der Waals surface area contributed by atoms with Crippen LogP contribution in [0.4, 0.5) is 0 Å². The topological polar surface area (TPSA) is 66.6 Å². The molecule has 1 aliphatic rings. The van der Waals surface area contributed by atoms with Crippen molar-refractivity contribution < 1.29 is 9.59 Å². The van der Waals surface area contributed by atoms with Gasteiger partial charge in [0.25, 0.3) is 0 Å². The molecule has 1 aliphatic heterocycles. The van der Waals surface area contributed by atoms with Crippen molar-refractivity contribution in [2.75, 3.05) is 33.2 Å². The smallest absolute Gasteiger partial charge is 0.241 e. The number of nitrogens with two attached hydrogens (primary N) is 1. The van der Waals surface area contributed by atoms with Crippen LogP contribution in [-0.2, 0) is 9.59 Å². The number of amides is 2. The summed E-state index contributed by atoms with van der Waals surface area (Å²) in [6.45, 7) is 6.69. The average Bonchev–Trinajstić information content (AvgIpc) is 2.56. The molecule has 1 unspecified atom stereocenters. The molecular weight excluding hydrogens is 254 g/mol. The van der Waals surface area contributed by atoms with Gasteiger partial charge in [0.15, 0.2) is 0 Å². The molecule has 0 aliphatic carbocycles. The summed E-state index contributed by atoms with van der Waals surface area (Å²) in [7, 11) is 1.80. The van der Waals surface area contributed by atoms with Crippen molar-refractivity contribution in [1.29, 1.82) is 0 Å². The van der Waals surface area contributed by atoms with Crippen molar-refractivity contribution in [3.63, 3.8) is 0 Å². The van der Waals surface area contributed by atoms with E-state index in [1.165, 1.54) is 0 Å². The highest BCUT2D eigenvalue weighted by Crippen LogP contribution is 2.21. The normalized spacial score (nSPS) is 18.4. The maximum absolute atomic E-state index is 12.3. The summed E-state index contributed by atoms with van der Waals surface area (Å²) in [4.78, 5) is 27.5. The highest BCUT2D eigenvalue weighted by atomic mass is 16.2. The van der Waals surface area contributed by atoms with Gasteiger partial charge < -0.3 is 15.5 Å². The van der Waals surface area contributed by atoms with Gasteiger partial charge in [-0.15, -0.1) is 0 Å². The van der Waals surface area contributed by atoms with Crippen LogP contribution in [0.3, 0.4) is 0 Å². The number of carbonyl (C=O) groups is 2. The molecule has 5 heteroatoms. The number of likely N-dealkylation sites (N-methyl/N-ethyl adjacent to an activating group) is 1. The van der Waals surface area contributed by atoms with Gasteiger partial charge >= 0.3 is 0 Å². The lowest BCUT2D eigenvalue weighted by molar-refractivity contribution is -0.138. The Morgan fingerprint density at radius 1 is 1.30 bits per heavy atom. The molecule has 2 amide bonds. The van der Waals surface area contributed by atoms with E-state index in [1.807, 2.05) is 0 Å². The van der Waals surface area contributed by atoms with Gasteiger partial charge in [0, 0.05) is 26.6 Å². The molecule has 5 nitrogen and oxygen atoms in total. The Kier molecular flexibility index (Phi) is 6.99. The summed E-state index contributed by atoms with van der Waals surface area (Å²) >= 11 is 0. The minimum absolute atomic E-state index is 0.0400. The van der Waals surface area contributed by atoms with E-state index in [2.05, 4.69) is 13.8 Å². The zero-order valence-electron chi connectivity index (χ0n) is 13.1. The third kappa shape index (κ3) is 5.12. The summed E-state index contributed by atoms with van der Waals surface area (Å²) in [6.07, 6.45) is 3.23. The molecule has 1 heterocycles. The fraction of sp³-hybridized carbons (Fsp3) is 0.867. The molecule has 1 rings (SSSR count). The van der Waals surface area contributed by atoms with Crippen molar-refractivity contribution in [2.45, 2.75) is 39.5 Å². The molecule has 2 N–H and O–H groups in total. The molecule has 0 spiro atoms. The van der Waals surface area contributed by atoms with E-state index in [0.29, 0.717) is 31.3 Å². The van der Waals surface area contributed by atoms with Crippen LogP contribution >= 0.6 is 0 Å². The highest BCUT2D eigenvalue weighted by Gasteiger charge is 2.23. The van der Waals surface area contributed by atoms with Gasteiger partial charge in [-0.1, -0.05) is 13.8 Å². The minimum atomic E-state index is 0.0400. The third-order valence-electron chi connectivity index (χ3n) is 4.24. The molecule has 0 aromatic heterocycles. The first-order valence-corrected chi connectivity index (χ1v) is 7.67. The molecule has 116 valence electrons. The van der Waals surface area contributed by atoms with E-state index < -0.39 is 0 Å². The van der Waals surface area contributed by atoms with E-state index in [0.717, 1.165) is 25.8 Å². The van der Waals surface area contributed by atoms with Crippen molar-refractivity contribution in [2.24, 2.45) is 17.6 Å². The first kappa shape index (κ1) is 17.0. The highest BCUT2D eigenvalue weighted by molar-refractivity contribution is 5.85. The molecule has 0 radical (unpaired) electrons. The van der Waals surface area contributed by atoms with Crippen LogP contribution in [0.2, 0.25) is 0 Å². The fourth-order valence-corrected chi connectivity index (χ4v) is 2.69. The summed E-state index contributed by atoms with van der Waals surface area (Å²) in [5, 5.41) is 0. The SMILES string of the molecule is CC(C)C(CCN)CCC(=O)N1CCCN(C)C(=O)C1. The lowest BCUT2D eigenvalue weighted by Gasteiger charge is -2.23. The number of hydrogen-bond donors (Lipinski definition) is 1. The van der Waals surface area contributed by atoms with Gasteiger partial charge in [-0.05, 0) is 37.6 Å². The summed E-state index contributed by atoms with van der Waals surface area (Å²) in [5.41, 5.74) is 5.63. The predicted molar refractivity (Wildman–Crippen MR) is 80.1 cm³/mol. The van der Waals surface area contributed by atoms with Crippen LogP contribution in [0.25, 0.3) is 0 Å². The monoisotopic (exact) mass is 283 g/mol. The number of nitrogens with zero attached hydrogens (tertiary/aromatic N) is 2. The van der Waals surface area contributed by atoms with Crippen molar-refractivity contribution in [3.8, 4) is 0 Å². The minimum Gasteiger partial charge on any atom is -0.344 e. The second-order valence-electron chi connectivity index (χ2n) is 6.10. The lowest BCUT2D eigenvalue weighted by atomic mass is 9.88. The van der Waals surface area contributed by atoms with Crippen LogP contribution in [0.15, 0.2) is 0 Å². The van der Waals surface area contributed by atoms with Crippen LogP contribution in [0.5, 0.6) is 0 Å². The molecule has 0 saturated carbocycles. The van der Waals surface area contributed by atoms with E-state index in [-0.39, 0.29) is 18.4 Å². The number of rotatable bonds is 6. The molecular formula is C15H29N3O2. The van der Waals surface area contributed by atoms with E-state index in [1.54, 1.807) is 16.8 Å². The summed E-state index contributed by atoms with van der Waals surface area (Å²) in [6, 6.07) is 0. The third-order valence-corrected chi connectivity index (χ3v) is 4.24. The van der Waals surface area contributed by atoms with Crippen molar-refractivity contribution in [3.05, 3.63) is 0 Å². The maximum atomic E-state index is 12.3. The Morgan fingerprint density at radius 2 is 2.00 bits per heavy atom. The van der Waals surface area contributed by atoms with Crippen molar-refractivity contribution >= 4 is 11.8 Å². The quantitative estimate of drug-likeness (QED) is 0.793. The van der Waals surface area contributed by atoms with E-state index >= 15 is 0 Å². The van der Waals surface area contributed by atoms with Gasteiger partial charge in [0.1, 0.15) is 0 Å². The molecule has 1 saturated heterocycles. The zero-order valence-corrected chi connectivity index (χ0v) is 13.1. The maximum Gasteiger partial charge on any atom is 0.241 e. The zero-order chi connectivity index (χ0) is 15.1. The molecule has 0 aromatic carbocycles. The Balaban J connectivity index is 2.47. The lowest BCUT2D eigenvalue weighted by Crippen LogP contribution is -2.38. The molecule has 1 atom stereocenters. The van der Waals surface area contributed by atoms with Gasteiger partial charge in [0.2, 0.25) is 11.8 Å². The Hall–Kier alpha value is -1.10. The van der Waals surface area contributed by atoms with E-state index in [4.69, 9.17) is 5.73 Å². The second-order valence-corrected chi connectivity index (χ2v) is 6.10. The van der Waals surface area contributed by atoms with Gasteiger partial charge in [-0.3, -0.25) is 9.59 Å². The average molecular weight is 283 g/mol. The first-order valence-electron chi connectivity index (χ1n) is 7.67. The first-order chi connectivity index (χ1) is 9.45. The summed E-state index contributed by atoms with van der Waals surface area (Å²) in [5.74, 6) is 1.19. The Bertz CT molecular complexity index is 331. The fourth-order valence-electron chi connectivity index (χ4n) is 2.69. The summed E-state index contributed by atoms with van der Waals surface area (Å²) < 4.78 is 0. The Labute approximate surface area is 122 Å². The van der Waals surface area contributed by atoms with Gasteiger partial charge in [0.05, 0.1) is 6.54 Å². The molecule has 20 heavy (non-hydrogen) atoms. The van der Waals surface area contributed by atoms with Crippen molar-refractivity contribution in [1.82, 2.24) is 9.80 Å². The predicted octanol–water partition coefficient (Wildman–Crippen LogP) is 1.08. The van der Waals surface area contributed by atoms with Crippen LogP contribution in [-0.4, -0.2) is 54.8 Å². The largest absolute Gasteiger partial charge is 0.344 e. The van der Waals surface area contributed by atoms with Crippen LogP contribution in [0.1, 0.15) is 39.5 Å². The second kappa shape index (κ2) is 8.25. The molecule has 0 bridgehead atoms. The number of carbonyl (C=O) groups excluding carboxylic acids is 2. The van der Waals surface area contributed by atoms with Gasteiger partial charge in [-0.2, -0.15) is 0 Å². The van der Waals surface area contributed by atoms with Crippen LogP contribution in [0, 0.1) is 11.8 Å². The number of hydrogen-bond acceptors (Lipinski definition) is 3. The molecule has 0 aromatic rings. The molecule has 1 fully saturated rings. The van der Waals surface area contributed by atoms with Crippen LogP contribution < -0.4 is 5.73 Å². The van der Waals surface area contributed by atoms with E-state index in [9.17, 15) is 9.59 Å².